The molecule has 0 aliphatic carbocycles. The first-order chi connectivity index (χ1) is 16.1. The predicted octanol–water partition coefficient (Wildman–Crippen LogP) is 4.68. The Morgan fingerprint density at radius 1 is 1.00 bits per heavy atom. The zero-order chi connectivity index (χ0) is 22.9. The second-order valence-corrected chi connectivity index (χ2v) is 9.20. The molecular weight excluding hydrogens is 477 g/mol. The summed E-state index contributed by atoms with van der Waals surface area (Å²) in [6.45, 7) is 0. The monoisotopic (exact) mass is 493 g/mol. The SMILES string of the molecule is COc1c(Cl)cc(Cl)cc1/C=c1/sc2n(c1=O)[C@@H](c1ccccc1)C(c1ccccc1)=NN=2. The molecule has 33 heavy (non-hydrogen) atoms. The maximum absolute atomic E-state index is 13.7. The standard InChI is InChI=1S/C25H17Cl2N3O2S/c1-32-23-17(12-18(26)14-19(23)27)13-20-24(31)30-22(16-10-6-3-7-11-16)21(28-29-25(30)33-20)15-8-4-2-5-9-15/h2-14,22H,1H3/b20-13+/t22-/m0/s1. The third kappa shape index (κ3) is 4.02. The molecule has 5 nitrogen and oxygen atoms in total. The Balaban J connectivity index is 1.74. The van der Waals surface area contributed by atoms with E-state index in [1.165, 1.54) is 18.4 Å². The number of nitrogens with zero attached hydrogens (tertiary/aromatic N) is 3. The van der Waals surface area contributed by atoms with Crippen LogP contribution in [0.1, 0.15) is 22.7 Å². The van der Waals surface area contributed by atoms with Crippen LogP contribution in [0, 0.1) is 0 Å². The number of fused-ring (bicyclic) bond motifs is 1. The number of hydrogen-bond donors (Lipinski definition) is 0. The number of benzene rings is 3. The molecule has 0 saturated heterocycles. The van der Waals surface area contributed by atoms with Gasteiger partial charge in [0.2, 0.25) is 4.80 Å². The molecule has 5 rings (SSSR count). The number of aromatic nitrogens is 1. The van der Waals surface area contributed by atoms with Crippen LogP contribution in [0.15, 0.2) is 87.8 Å². The maximum Gasteiger partial charge on any atom is 0.271 e. The normalized spacial score (nSPS) is 15.5. The van der Waals surface area contributed by atoms with Gasteiger partial charge in [0.05, 0.1) is 22.4 Å². The molecule has 0 fully saturated rings. The molecular formula is C25H17Cl2N3O2S. The van der Waals surface area contributed by atoms with E-state index in [-0.39, 0.29) is 5.56 Å². The first kappa shape index (κ1) is 21.6. The van der Waals surface area contributed by atoms with E-state index in [9.17, 15) is 4.79 Å². The third-order valence-electron chi connectivity index (χ3n) is 5.31. The third-order valence-corrected chi connectivity index (χ3v) is 6.78. The summed E-state index contributed by atoms with van der Waals surface area (Å²) in [5, 5.41) is 9.76. The highest BCUT2D eigenvalue weighted by Crippen LogP contribution is 2.32. The van der Waals surface area contributed by atoms with Gasteiger partial charge in [-0.2, -0.15) is 0 Å². The molecule has 1 atom stereocenters. The summed E-state index contributed by atoms with van der Waals surface area (Å²) in [6.07, 6.45) is 1.73. The summed E-state index contributed by atoms with van der Waals surface area (Å²) < 4.78 is 7.61. The summed E-state index contributed by atoms with van der Waals surface area (Å²) in [7, 11) is 1.53. The van der Waals surface area contributed by atoms with E-state index in [1.54, 1.807) is 22.8 Å². The second kappa shape index (κ2) is 8.98. The molecule has 2 heterocycles. The summed E-state index contributed by atoms with van der Waals surface area (Å²) in [6, 6.07) is 22.5. The van der Waals surface area contributed by atoms with E-state index in [4.69, 9.17) is 27.9 Å². The highest BCUT2D eigenvalue weighted by Gasteiger charge is 2.28. The van der Waals surface area contributed by atoms with Crippen molar-refractivity contribution in [2.24, 2.45) is 10.2 Å². The van der Waals surface area contributed by atoms with Crippen molar-refractivity contribution in [1.82, 2.24) is 4.57 Å². The van der Waals surface area contributed by atoms with Crippen LogP contribution in [0.2, 0.25) is 10.0 Å². The molecule has 0 amide bonds. The Bertz CT molecular complexity index is 1540. The lowest BCUT2D eigenvalue weighted by molar-refractivity contribution is 0.414. The van der Waals surface area contributed by atoms with Crippen LogP contribution >= 0.6 is 34.5 Å². The molecule has 0 spiro atoms. The first-order valence-electron chi connectivity index (χ1n) is 10.1. The molecule has 0 unspecified atom stereocenters. The van der Waals surface area contributed by atoms with Gasteiger partial charge >= 0.3 is 0 Å². The molecule has 3 aromatic carbocycles. The first-order valence-corrected chi connectivity index (χ1v) is 11.7. The fraction of sp³-hybridized carbons (Fsp3) is 0.0800. The van der Waals surface area contributed by atoms with E-state index in [0.717, 1.165) is 11.1 Å². The van der Waals surface area contributed by atoms with Crippen LogP contribution in [0.4, 0.5) is 0 Å². The number of methoxy groups -OCH3 is 1. The van der Waals surface area contributed by atoms with Gasteiger partial charge in [-0.05, 0) is 23.8 Å². The molecule has 4 aromatic rings. The maximum atomic E-state index is 13.7. The average molecular weight is 494 g/mol. The van der Waals surface area contributed by atoms with Gasteiger partial charge in [0, 0.05) is 16.1 Å². The number of thiazole rings is 1. The zero-order valence-electron chi connectivity index (χ0n) is 17.4. The van der Waals surface area contributed by atoms with Crippen molar-refractivity contribution in [2.45, 2.75) is 6.04 Å². The Morgan fingerprint density at radius 2 is 1.70 bits per heavy atom. The van der Waals surface area contributed by atoms with E-state index in [2.05, 4.69) is 10.2 Å². The van der Waals surface area contributed by atoms with Crippen molar-refractivity contribution in [3.8, 4) is 5.75 Å². The summed E-state index contributed by atoms with van der Waals surface area (Å²) in [5.74, 6) is 0.453. The van der Waals surface area contributed by atoms with Gasteiger partial charge in [0.25, 0.3) is 5.56 Å². The lowest BCUT2D eigenvalue weighted by Crippen LogP contribution is -2.40. The summed E-state index contributed by atoms with van der Waals surface area (Å²) >= 11 is 13.7. The number of rotatable bonds is 4. The smallest absolute Gasteiger partial charge is 0.271 e. The van der Waals surface area contributed by atoms with Crippen molar-refractivity contribution in [1.29, 1.82) is 0 Å². The minimum Gasteiger partial charge on any atom is -0.495 e. The van der Waals surface area contributed by atoms with Crippen molar-refractivity contribution in [3.63, 3.8) is 0 Å². The van der Waals surface area contributed by atoms with Crippen molar-refractivity contribution < 1.29 is 4.74 Å². The number of hydrogen-bond acceptors (Lipinski definition) is 5. The number of ether oxygens (including phenoxy) is 1. The average Bonchev–Trinajstić information content (AvgIpc) is 3.14. The van der Waals surface area contributed by atoms with Crippen LogP contribution in [-0.2, 0) is 0 Å². The molecule has 1 aliphatic rings. The minimum absolute atomic E-state index is 0.172. The predicted molar refractivity (Wildman–Crippen MR) is 134 cm³/mol. The molecule has 0 N–H and O–H groups in total. The second-order valence-electron chi connectivity index (χ2n) is 7.34. The molecule has 0 bridgehead atoms. The Morgan fingerprint density at radius 3 is 2.39 bits per heavy atom. The topological polar surface area (TPSA) is 56.0 Å². The molecule has 1 aromatic heterocycles. The van der Waals surface area contributed by atoms with Crippen LogP contribution in [0.25, 0.3) is 6.08 Å². The van der Waals surface area contributed by atoms with E-state index in [1.807, 2.05) is 60.7 Å². The Kier molecular flexibility index (Phi) is 5.89. The zero-order valence-corrected chi connectivity index (χ0v) is 19.7. The number of halogens is 2. The Hall–Kier alpha value is -3.19. The van der Waals surface area contributed by atoms with Crippen molar-refractivity contribution in [2.75, 3.05) is 7.11 Å². The lowest BCUT2D eigenvalue weighted by Gasteiger charge is -2.22. The minimum atomic E-state index is -0.406. The van der Waals surface area contributed by atoms with Crippen LogP contribution in [0.3, 0.4) is 0 Å². The van der Waals surface area contributed by atoms with Crippen molar-refractivity contribution >= 4 is 46.3 Å². The fourth-order valence-electron chi connectivity index (χ4n) is 3.87. The quantitative estimate of drug-likeness (QED) is 0.414. The van der Waals surface area contributed by atoms with Gasteiger partial charge in [-0.25, -0.2) is 0 Å². The molecule has 1 aliphatic heterocycles. The van der Waals surface area contributed by atoms with E-state index in [0.29, 0.717) is 36.4 Å². The van der Waals surface area contributed by atoms with Crippen LogP contribution in [0.5, 0.6) is 5.75 Å². The molecule has 164 valence electrons. The highest BCUT2D eigenvalue weighted by atomic mass is 35.5. The molecule has 0 saturated carbocycles. The van der Waals surface area contributed by atoms with Gasteiger partial charge < -0.3 is 4.74 Å². The Labute approximate surface area is 203 Å². The largest absolute Gasteiger partial charge is 0.495 e. The van der Waals surface area contributed by atoms with Gasteiger partial charge in [0.15, 0.2) is 0 Å². The van der Waals surface area contributed by atoms with Gasteiger partial charge in [0.1, 0.15) is 11.8 Å². The van der Waals surface area contributed by atoms with Crippen LogP contribution < -0.4 is 19.6 Å². The fourth-order valence-corrected chi connectivity index (χ4v) is 5.39. The molecule has 0 radical (unpaired) electrons. The van der Waals surface area contributed by atoms with Crippen LogP contribution in [-0.4, -0.2) is 17.4 Å². The van der Waals surface area contributed by atoms with E-state index < -0.39 is 6.04 Å². The van der Waals surface area contributed by atoms with Gasteiger partial charge in [-0.3, -0.25) is 9.36 Å². The van der Waals surface area contributed by atoms with Gasteiger partial charge in [-0.1, -0.05) is 95.2 Å². The van der Waals surface area contributed by atoms with Gasteiger partial charge in [-0.15, -0.1) is 10.2 Å². The highest BCUT2D eigenvalue weighted by molar-refractivity contribution is 7.07. The lowest BCUT2D eigenvalue weighted by atomic mass is 9.96. The summed E-state index contributed by atoms with van der Waals surface area (Å²) in [4.78, 5) is 14.2. The van der Waals surface area contributed by atoms with E-state index >= 15 is 0 Å². The molecule has 8 heteroatoms. The summed E-state index contributed by atoms with van der Waals surface area (Å²) in [5.41, 5.74) is 3.02. The van der Waals surface area contributed by atoms with Crippen molar-refractivity contribution in [3.05, 3.63) is 119 Å².